The number of benzene rings is 3. The second-order valence-electron chi connectivity index (χ2n) is 6.68. The van der Waals surface area contributed by atoms with E-state index in [1.165, 1.54) is 0 Å². The normalized spacial score (nSPS) is 10.4. The van der Waals surface area contributed by atoms with Crippen LogP contribution in [0.15, 0.2) is 96.2 Å². The first-order chi connectivity index (χ1) is 15.7. The van der Waals surface area contributed by atoms with Crippen molar-refractivity contribution in [1.29, 1.82) is 0 Å². The number of para-hydroxylation sites is 1. The van der Waals surface area contributed by atoms with Crippen molar-refractivity contribution in [2.24, 2.45) is 0 Å². The lowest BCUT2D eigenvalue weighted by molar-refractivity contribution is -0.117. The first-order valence-electron chi connectivity index (χ1n) is 9.83. The molecule has 0 saturated carbocycles. The highest BCUT2D eigenvalue weighted by atomic mass is 32.2. The average molecular weight is 442 g/mol. The van der Waals surface area contributed by atoms with Crippen LogP contribution in [0.3, 0.4) is 0 Å². The average Bonchev–Trinajstić information content (AvgIpc) is 2.84. The van der Waals surface area contributed by atoms with Gasteiger partial charge in [-0.2, -0.15) is 0 Å². The predicted molar refractivity (Wildman–Crippen MR) is 125 cm³/mol. The minimum absolute atomic E-state index is 0.0250. The molecule has 158 valence electrons. The number of imide groups is 1. The highest BCUT2D eigenvalue weighted by molar-refractivity contribution is 7.99. The number of hydrogen-bond donors (Lipinski definition) is 2. The molecular weight excluding hydrogens is 422 g/mol. The van der Waals surface area contributed by atoms with Gasteiger partial charge >= 0.3 is 6.03 Å². The van der Waals surface area contributed by atoms with Crippen molar-refractivity contribution >= 4 is 29.4 Å². The molecule has 2 N–H and O–H groups in total. The zero-order valence-electron chi connectivity index (χ0n) is 16.9. The Balaban J connectivity index is 1.46. The van der Waals surface area contributed by atoms with Crippen molar-refractivity contribution in [2.45, 2.75) is 5.16 Å². The van der Waals surface area contributed by atoms with Gasteiger partial charge < -0.3 is 5.32 Å². The van der Waals surface area contributed by atoms with E-state index < -0.39 is 11.9 Å². The van der Waals surface area contributed by atoms with Crippen LogP contribution in [-0.2, 0) is 4.79 Å². The van der Waals surface area contributed by atoms with Gasteiger partial charge in [0.25, 0.3) is 0 Å². The van der Waals surface area contributed by atoms with Gasteiger partial charge in [0.05, 0.1) is 5.75 Å². The van der Waals surface area contributed by atoms with E-state index in [2.05, 4.69) is 25.8 Å². The van der Waals surface area contributed by atoms with Crippen LogP contribution in [-0.4, -0.2) is 32.9 Å². The van der Waals surface area contributed by atoms with Gasteiger partial charge in [-0.25, -0.2) is 9.78 Å². The van der Waals surface area contributed by atoms with Gasteiger partial charge in [-0.05, 0) is 12.1 Å². The Kier molecular flexibility index (Phi) is 6.84. The van der Waals surface area contributed by atoms with Crippen LogP contribution < -0.4 is 10.6 Å². The van der Waals surface area contributed by atoms with Crippen LogP contribution in [0, 0.1) is 0 Å². The van der Waals surface area contributed by atoms with Crippen LogP contribution in [0.5, 0.6) is 0 Å². The molecule has 0 saturated heterocycles. The lowest BCUT2D eigenvalue weighted by atomic mass is 10.0. The van der Waals surface area contributed by atoms with E-state index in [4.69, 9.17) is 0 Å². The minimum atomic E-state index is -0.592. The van der Waals surface area contributed by atoms with Crippen molar-refractivity contribution in [2.75, 3.05) is 11.1 Å². The van der Waals surface area contributed by atoms with E-state index in [0.717, 1.165) is 22.9 Å². The third-order valence-electron chi connectivity index (χ3n) is 4.38. The molecule has 4 rings (SSSR count). The van der Waals surface area contributed by atoms with Gasteiger partial charge in [0.15, 0.2) is 0 Å². The topological polar surface area (TPSA) is 96.9 Å². The summed E-state index contributed by atoms with van der Waals surface area (Å²) in [6.07, 6.45) is 0. The highest BCUT2D eigenvalue weighted by Gasteiger charge is 2.15. The van der Waals surface area contributed by atoms with Crippen molar-refractivity contribution in [3.8, 4) is 22.5 Å². The van der Waals surface area contributed by atoms with Crippen LogP contribution in [0.2, 0.25) is 0 Å². The number of thioether (sulfide) groups is 1. The van der Waals surface area contributed by atoms with Crippen LogP contribution >= 0.6 is 11.8 Å². The third-order valence-corrected chi connectivity index (χ3v) is 5.22. The van der Waals surface area contributed by atoms with E-state index in [1.807, 2.05) is 66.7 Å². The summed E-state index contributed by atoms with van der Waals surface area (Å²) in [7, 11) is 0. The molecule has 0 atom stereocenters. The summed E-state index contributed by atoms with van der Waals surface area (Å²) in [5.41, 5.74) is 3.74. The first-order valence-corrected chi connectivity index (χ1v) is 10.8. The minimum Gasteiger partial charge on any atom is -0.308 e. The summed E-state index contributed by atoms with van der Waals surface area (Å²) in [6.45, 7) is 0. The van der Waals surface area contributed by atoms with Gasteiger partial charge in [-0.1, -0.05) is 90.6 Å². The van der Waals surface area contributed by atoms with Crippen LogP contribution in [0.25, 0.3) is 22.5 Å². The molecule has 0 aliphatic rings. The molecule has 0 radical (unpaired) electrons. The zero-order chi connectivity index (χ0) is 22.2. The van der Waals surface area contributed by atoms with Gasteiger partial charge in [0.2, 0.25) is 11.1 Å². The molecule has 3 aromatic carbocycles. The van der Waals surface area contributed by atoms with E-state index in [0.29, 0.717) is 22.2 Å². The van der Waals surface area contributed by atoms with Crippen LogP contribution in [0.1, 0.15) is 0 Å². The smallest absolute Gasteiger partial charge is 0.308 e. The van der Waals surface area contributed by atoms with Crippen molar-refractivity contribution in [3.63, 3.8) is 0 Å². The molecule has 1 aromatic heterocycles. The molecule has 7 nitrogen and oxygen atoms in total. The summed E-state index contributed by atoms with van der Waals surface area (Å²) in [6, 6.07) is 27.7. The Labute approximate surface area is 189 Å². The fraction of sp³-hybridized carbons (Fsp3) is 0.0417. The zero-order valence-corrected chi connectivity index (χ0v) is 17.8. The number of nitrogens with one attached hydrogen (secondary N) is 2. The van der Waals surface area contributed by atoms with Gasteiger partial charge in [-0.3, -0.25) is 10.1 Å². The largest absolute Gasteiger partial charge is 0.325 e. The molecule has 8 heteroatoms. The number of hydrogen-bond acceptors (Lipinski definition) is 6. The predicted octanol–water partition coefficient (Wildman–Crippen LogP) is 4.65. The monoisotopic (exact) mass is 441 g/mol. The Morgan fingerprint density at radius 1 is 0.719 bits per heavy atom. The number of carbonyl (C=O) groups excluding carboxylic acids is 2. The quantitative estimate of drug-likeness (QED) is 0.423. The maximum Gasteiger partial charge on any atom is 0.325 e. The van der Waals surface area contributed by atoms with Crippen molar-refractivity contribution < 1.29 is 9.59 Å². The number of urea groups is 1. The Hall–Kier alpha value is -4.04. The fourth-order valence-corrected chi connectivity index (χ4v) is 3.52. The maximum absolute atomic E-state index is 12.2. The number of rotatable bonds is 6. The molecule has 3 amide bonds. The molecule has 0 spiro atoms. The Bertz CT molecular complexity index is 1210. The Morgan fingerprint density at radius 3 is 1.91 bits per heavy atom. The number of amides is 3. The second kappa shape index (κ2) is 10.3. The van der Waals surface area contributed by atoms with E-state index in [1.54, 1.807) is 24.3 Å². The standard InChI is InChI=1S/C24H19N5O2S/c30-20(26-23(31)25-19-14-8-3-9-15-19)16-32-24-27-21(17-10-4-1-5-11-17)22(28-29-24)18-12-6-2-7-13-18/h1-15H,16H2,(H2,25,26,30,31). The van der Waals surface area contributed by atoms with Gasteiger partial charge in [-0.15, -0.1) is 10.2 Å². The second-order valence-corrected chi connectivity index (χ2v) is 7.62. The molecule has 1 heterocycles. The number of nitrogens with zero attached hydrogens (tertiary/aromatic N) is 3. The van der Waals surface area contributed by atoms with Crippen molar-refractivity contribution in [1.82, 2.24) is 20.5 Å². The Morgan fingerprint density at radius 2 is 1.28 bits per heavy atom. The van der Waals surface area contributed by atoms with E-state index >= 15 is 0 Å². The SMILES string of the molecule is O=C(CSc1nnc(-c2ccccc2)c(-c2ccccc2)n1)NC(=O)Nc1ccccc1. The first kappa shape index (κ1) is 21.2. The molecule has 4 aromatic rings. The summed E-state index contributed by atoms with van der Waals surface area (Å²) in [4.78, 5) is 28.8. The van der Waals surface area contributed by atoms with Gasteiger partial charge in [0, 0.05) is 16.8 Å². The third kappa shape index (κ3) is 5.55. The van der Waals surface area contributed by atoms with Crippen LogP contribution in [0.4, 0.5) is 10.5 Å². The fourth-order valence-electron chi connectivity index (χ4n) is 2.94. The molecular formula is C24H19N5O2S. The van der Waals surface area contributed by atoms with Gasteiger partial charge in [0.1, 0.15) is 11.4 Å². The number of aromatic nitrogens is 3. The van der Waals surface area contributed by atoms with E-state index in [-0.39, 0.29) is 5.75 Å². The lowest BCUT2D eigenvalue weighted by Gasteiger charge is -2.09. The highest BCUT2D eigenvalue weighted by Crippen LogP contribution is 2.29. The summed E-state index contributed by atoms with van der Waals surface area (Å²) < 4.78 is 0. The van der Waals surface area contributed by atoms with E-state index in [9.17, 15) is 9.59 Å². The molecule has 0 aliphatic carbocycles. The number of anilines is 1. The molecule has 0 bridgehead atoms. The number of carbonyl (C=O) groups is 2. The molecule has 0 aliphatic heterocycles. The summed E-state index contributed by atoms with van der Waals surface area (Å²) in [5, 5.41) is 13.8. The van der Waals surface area contributed by atoms with Crippen molar-refractivity contribution in [3.05, 3.63) is 91.0 Å². The lowest BCUT2D eigenvalue weighted by Crippen LogP contribution is -2.35. The molecule has 0 unspecified atom stereocenters. The maximum atomic E-state index is 12.2. The molecule has 0 fully saturated rings. The summed E-state index contributed by atoms with van der Waals surface area (Å²) in [5.74, 6) is -0.483. The molecule has 32 heavy (non-hydrogen) atoms. The summed E-state index contributed by atoms with van der Waals surface area (Å²) >= 11 is 1.11.